The number of esters is 1. The standard InChI is InChI=1S/C19H18F2O2/c1-3-13-5-9-15(10-6-13)17(20)18(21)19(22)23-16-11-7-14(4-2)8-12-16/h5-12H,3-4H2,1-2H3. The highest BCUT2D eigenvalue weighted by atomic mass is 19.2. The summed E-state index contributed by atoms with van der Waals surface area (Å²) in [5.74, 6) is -3.92. The summed E-state index contributed by atoms with van der Waals surface area (Å²) in [4.78, 5) is 11.7. The first-order valence-corrected chi connectivity index (χ1v) is 7.50. The lowest BCUT2D eigenvalue weighted by molar-refractivity contribution is -0.131. The molecule has 0 aromatic heterocycles. The minimum atomic E-state index is -1.53. The first kappa shape index (κ1) is 16.9. The van der Waals surface area contributed by atoms with Crippen molar-refractivity contribution in [3.05, 3.63) is 71.0 Å². The molecular formula is C19H18F2O2. The SMILES string of the molecule is CCc1ccc(OC(=O)C(F)=C(F)c2ccc(CC)cc2)cc1. The molecular weight excluding hydrogens is 298 g/mol. The number of hydrogen-bond donors (Lipinski definition) is 0. The molecule has 2 aromatic carbocycles. The molecule has 0 radical (unpaired) electrons. The Bertz CT molecular complexity index is 701. The molecule has 0 aliphatic rings. The Morgan fingerprint density at radius 2 is 1.35 bits per heavy atom. The van der Waals surface area contributed by atoms with Gasteiger partial charge in [-0.2, -0.15) is 4.39 Å². The van der Waals surface area contributed by atoms with E-state index in [1.165, 1.54) is 12.1 Å². The molecule has 23 heavy (non-hydrogen) atoms. The smallest absolute Gasteiger partial charge is 0.375 e. The highest BCUT2D eigenvalue weighted by Gasteiger charge is 2.19. The van der Waals surface area contributed by atoms with Gasteiger partial charge in [0.1, 0.15) is 5.75 Å². The number of rotatable bonds is 5. The molecule has 4 heteroatoms. The van der Waals surface area contributed by atoms with Gasteiger partial charge >= 0.3 is 5.97 Å². The second-order valence-corrected chi connectivity index (χ2v) is 5.07. The van der Waals surface area contributed by atoms with E-state index in [4.69, 9.17) is 4.74 Å². The van der Waals surface area contributed by atoms with Gasteiger partial charge in [-0.25, -0.2) is 9.18 Å². The van der Waals surface area contributed by atoms with Gasteiger partial charge in [0, 0.05) is 5.56 Å². The van der Waals surface area contributed by atoms with Crippen molar-refractivity contribution >= 4 is 11.8 Å². The second-order valence-electron chi connectivity index (χ2n) is 5.07. The van der Waals surface area contributed by atoms with Crippen LogP contribution in [0.4, 0.5) is 8.78 Å². The monoisotopic (exact) mass is 316 g/mol. The predicted octanol–water partition coefficient (Wildman–Crippen LogP) is 5.02. The number of aryl methyl sites for hydroxylation is 2. The van der Waals surface area contributed by atoms with Gasteiger partial charge in [0.25, 0.3) is 0 Å². The lowest BCUT2D eigenvalue weighted by Crippen LogP contribution is -2.09. The lowest BCUT2D eigenvalue weighted by atomic mass is 10.1. The van der Waals surface area contributed by atoms with Crippen molar-refractivity contribution < 1.29 is 18.3 Å². The Balaban J connectivity index is 2.15. The molecule has 0 fully saturated rings. The van der Waals surface area contributed by atoms with E-state index >= 15 is 0 Å². The average Bonchev–Trinajstić information content (AvgIpc) is 2.61. The maximum Gasteiger partial charge on any atom is 0.375 e. The Hall–Kier alpha value is -2.49. The molecule has 0 aliphatic carbocycles. The van der Waals surface area contributed by atoms with Gasteiger partial charge in [-0.15, -0.1) is 0 Å². The summed E-state index contributed by atoms with van der Waals surface area (Å²) in [5.41, 5.74) is 2.07. The maximum absolute atomic E-state index is 14.0. The molecule has 0 bridgehead atoms. The minimum Gasteiger partial charge on any atom is -0.421 e. The van der Waals surface area contributed by atoms with Crippen LogP contribution >= 0.6 is 0 Å². The molecule has 2 aromatic rings. The first-order chi connectivity index (χ1) is 11.0. The topological polar surface area (TPSA) is 26.3 Å². The molecule has 0 unspecified atom stereocenters. The van der Waals surface area contributed by atoms with Crippen LogP contribution in [0.5, 0.6) is 5.75 Å². The third kappa shape index (κ3) is 4.25. The average molecular weight is 316 g/mol. The zero-order valence-corrected chi connectivity index (χ0v) is 13.1. The van der Waals surface area contributed by atoms with E-state index in [1.807, 2.05) is 13.8 Å². The van der Waals surface area contributed by atoms with E-state index < -0.39 is 17.6 Å². The van der Waals surface area contributed by atoms with E-state index in [1.54, 1.807) is 36.4 Å². The fourth-order valence-electron chi connectivity index (χ4n) is 2.05. The Labute approximate surface area is 134 Å². The Morgan fingerprint density at radius 3 is 1.83 bits per heavy atom. The molecule has 0 amide bonds. The van der Waals surface area contributed by atoms with Crippen LogP contribution in [0.2, 0.25) is 0 Å². The van der Waals surface area contributed by atoms with Crippen molar-refractivity contribution in [3.63, 3.8) is 0 Å². The molecule has 0 N–H and O–H groups in total. The van der Waals surface area contributed by atoms with Gasteiger partial charge in [0.05, 0.1) is 0 Å². The molecule has 2 rings (SSSR count). The van der Waals surface area contributed by atoms with Crippen molar-refractivity contribution in [2.75, 3.05) is 0 Å². The summed E-state index contributed by atoms with van der Waals surface area (Å²) < 4.78 is 32.8. The highest BCUT2D eigenvalue weighted by molar-refractivity contribution is 5.94. The van der Waals surface area contributed by atoms with Crippen LogP contribution in [0.1, 0.15) is 30.5 Å². The van der Waals surface area contributed by atoms with Crippen LogP contribution in [0.25, 0.3) is 5.83 Å². The fourth-order valence-corrected chi connectivity index (χ4v) is 2.05. The molecule has 2 nitrogen and oxygen atoms in total. The van der Waals surface area contributed by atoms with E-state index in [0.717, 1.165) is 24.0 Å². The highest BCUT2D eigenvalue weighted by Crippen LogP contribution is 2.24. The summed E-state index contributed by atoms with van der Waals surface area (Å²) >= 11 is 0. The summed E-state index contributed by atoms with van der Waals surface area (Å²) in [6, 6.07) is 12.9. The third-order valence-electron chi connectivity index (χ3n) is 3.53. The summed E-state index contributed by atoms with van der Waals surface area (Å²) in [6.45, 7) is 3.95. The van der Waals surface area contributed by atoms with Gasteiger partial charge in [-0.3, -0.25) is 0 Å². The van der Waals surface area contributed by atoms with Crippen molar-refractivity contribution in [2.45, 2.75) is 26.7 Å². The third-order valence-corrected chi connectivity index (χ3v) is 3.53. The lowest BCUT2D eigenvalue weighted by Gasteiger charge is -2.05. The van der Waals surface area contributed by atoms with Crippen LogP contribution in [0.15, 0.2) is 54.4 Å². The van der Waals surface area contributed by atoms with E-state index in [9.17, 15) is 13.6 Å². The van der Waals surface area contributed by atoms with Crippen LogP contribution in [0.3, 0.4) is 0 Å². The van der Waals surface area contributed by atoms with Crippen LogP contribution in [-0.4, -0.2) is 5.97 Å². The second kappa shape index (κ2) is 7.68. The number of benzene rings is 2. The van der Waals surface area contributed by atoms with Crippen LogP contribution < -0.4 is 4.74 Å². The summed E-state index contributed by atoms with van der Waals surface area (Å²) in [7, 11) is 0. The van der Waals surface area contributed by atoms with Crippen LogP contribution in [-0.2, 0) is 17.6 Å². The normalized spacial score (nSPS) is 11.8. The van der Waals surface area contributed by atoms with E-state index in [-0.39, 0.29) is 11.3 Å². The number of hydrogen-bond acceptors (Lipinski definition) is 2. The number of ether oxygens (including phenoxy) is 1. The van der Waals surface area contributed by atoms with Gasteiger partial charge < -0.3 is 4.74 Å². The Morgan fingerprint density at radius 1 is 0.870 bits per heavy atom. The quantitative estimate of drug-likeness (QED) is 0.439. The zero-order chi connectivity index (χ0) is 16.8. The van der Waals surface area contributed by atoms with Gasteiger partial charge in [0.2, 0.25) is 5.83 Å². The fraction of sp³-hybridized carbons (Fsp3) is 0.211. The molecule has 0 saturated carbocycles. The van der Waals surface area contributed by atoms with Gasteiger partial charge in [0.15, 0.2) is 5.83 Å². The van der Waals surface area contributed by atoms with Crippen molar-refractivity contribution in [2.24, 2.45) is 0 Å². The molecule has 0 spiro atoms. The largest absolute Gasteiger partial charge is 0.421 e. The molecule has 0 atom stereocenters. The molecule has 0 aliphatic heterocycles. The molecule has 0 saturated heterocycles. The van der Waals surface area contributed by atoms with Crippen molar-refractivity contribution in [1.29, 1.82) is 0 Å². The van der Waals surface area contributed by atoms with Crippen LogP contribution in [0, 0.1) is 0 Å². The predicted molar refractivity (Wildman–Crippen MR) is 86.4 cm³/mol. The number of carbonyl (C=O) groups excluding carboxylic acids is 1. The minimum absolute atomic E-state index is 0.0120. The van der Waals surface area contributed by atoms with E-state index in [0.29, 0.717) is 0 Å². The first-order valence-electron chi connectivity index (χ1n) is 7.50. The summed E-state index contributed by atoms with van der Waals surface area (Å²) in [6.07, 6.45) is 1.63. The molecule has 120 valence electrons. The van der Waals surface area contributed by atoms with Crippen molar-refractivity contribution in [3.8, 4) is 5.75 Å². The van der Waals surface area contributed by atoms with E-state index in [2.05, 4.69) is 0 Å². The zero-order valence-electron chi connectivity index (χ0n) is 13.1. The summed E-state index contributed by atoms with van der Waals surface area (Å²) in [5, 5.41) is 0. The Kier molecular flexibility index (Phi) is 5.63. The number of halogens is 2. The van der Waals surface area contributed by atoms with Gasteiger partial charge in [-0.05, 0) is 36.1 Å². The number of carbonyl (C=O) groups is 1. The molecule has 0 heterocycles. The van der Waals surface area contributed by atoms with Gasteiger partial charge in [-0.1, -0.05) is 50.2 Å². The van der Waals surface area contributed by atoms with Crippen molar-refractivity contribution in [1.82, 2.24) is 0 Å². The maximum atomic E-state index is 14.0.